The van der Waals surface area contributed by atoms with Crippen LogP contribution in [-0.2, 0) is 4.84 Å². The predicted octanol–water partition coefficient (Wildman–Crippen LogP) is -0.588. The first-order valence-corrected chi connectivity index (χ1v) is 5.23. The summed E-state index contributed by atoms with van der Waals surface area (Å²) in [5, 5.41) is 5.98. The molecule has 0 fully saturated rings. The minimum Gasteiger partial charge on any atom is -0.368 e. The Bertz CT molecular complexity index is 465. The number of aromatic nitrogens is 2. The van der Waals surface area contributed by atoms with Crippen molar-refractivity contribution < 1.29 is 9.63 Å². The van der Waals surface area contributed by atoms with Gasteiger partial charge in [-0.3, -0.25) is 0 Å². The summed E-state index contributed by atoms with van der Waals surface area (Å²) >= 11 is 5.81. The Morgan fingerprint density at radius 2 is 2.39 bits per heavy atom. The number of anilines is 1. The van der Waals surface area contributed by atoms with Crippen molar-refractivity contribution in [2.45, 2.75) is 6.92 Å². The van der Waals surface area contributed by atoms with Gasteiger partial charge >= 0.3 is 5.97 Å². The molecule has 18 heavy (non-hydrogen) atoms. The third-order valence-corrected chi connectivity index (χ3v) is 1.93. The predicted molar refractivity (Wildman–Crippen MR) is 65.6 cm³/mol. The zero-order chi connectivity index (χ0) is 13.5. The molecule has 0 bridgehead atoms. The Kier molecular flexibility index (Phi) is 4.93. The van der Waals surface area contributed by atoms with Crippen molar-refractivity contribution in [3.63, 3.8) is 0 Å². The number of carbonyl (C=O) groups is 1. The number of nitrogens with two attached hydrogens (primary N) is 2. The van der Waals surface area contributed by atoms with E-state index in [9.17, 15) is 4.79 Å². The van der Waals surface area contributed by atoms with Gasteiger partial charge in [0.15, 0.2) is 16.7 Å². The van der Waals surface area contributed by atoms with Crippen molar-refractivity contribution in [2.24, 2.45) is 16.7 Å². The van der Waals surface area contributed by atoms with E-state index in [1.54, 1.807) is 0 Å². The van der Waals surface area contributed by atoms with E-state index in [0.29, 0.717) is 12.4 Å². The summed E-state index contributed by atoms with van der Waals surface area (Å²) in [7, 11) is 0. The molecular formula is C8H12ClN7O2. The van der Waals surface area contributed by atoms with Crippen LogP contribution in [0.1, 0.15) is 17.4 Å². The maximum absolute atomic E-state index is 11.5. The van der Waals surface area contributed by atoms with Gasteiger partial charge in [0.2, 0.25) is 5.96 Å². The molecule has 0 saturated carbocycles. The number of nitrogens with one attached hydrogen (secondary N) is 2. The summed E-state index contributed by atoms with van der Waals surface area (Å²) in [6.07, 6.45) is 1.21. The highest BCUT2D eigenvalue weighted by molar-refractivity contribution is 6.31. The van der Waals surface area contributed by atoms with Crippen LogP contribution in [0.2, 0.25) is 5.15 Å². The number of carbonyl (C=O) groups excluding carboxylic acids is 1. The third kappa shape index (κ3) is 3.63. The monoisotopic (exact) mass is 273 g/mol. The Balaban J connectivity index is 2.72. The highest BCUT2D eigenvalue weighted by Crippen LogP contribution is 2.15. The van der Waals surface area contributed by atoms with Gasteiger partial charge in [0.1, 0.15) is 0 Å². The number of guanidine groups is 1. The Labute approximate surface area is 108 Å². The lowest BCUT2D eigenvalue weighted by Crippen LogP contribution is -2.34. The van der Waals surface area contributed by atoms with Crippen LogP contribution in [0.4, 0.5) is 5.82 Å². The van der Waals surface area contributed by atoms with E-state index >= 15 is 0 Å². The third-order valence-electron chi connectivity index (χ3n) is 1.67. The number of rotatable bonds is 3. The normalized spacial score (nSPS) is 10.9. The molecule has 0 aliphatic rings. The van der Waals surface area contributed by atoms with Gasteiger partial charge in [0.05, 0.1) is 6.20 Å². The zero-order valence-electron chi connectivity index (χ0n) is 9.48. The van der Waals surface area contributed by atoms with E-state index in [-0.39, 0.29) is 16.8 Å². The highest BCUT2D eigenvalue weighted by Gasteiger charge is 2.13. The summed E-state index contributed by atoms with van der Waals surface area (Å²) in [4.78, 5) is 23.7. The van der Waals surface area contributed by atoms with Crippen LogP contribution < -0.4 is 22.4 Å². The first kappa shape index (κ1) is 13.8. The van der Waals surface area contributed by atoms with Crippen LogP contribution >= 0.6 is 11.6 Å². The fraction of sp³-hybridized carbons (Fsp3) is 0.250. The van der Waals surface area contributed by atoms with Gasteiger partial charge in [0, 0.05) is 6.54 Å². The van der Waals surface area contributed by atoms with E-state index in [0.717, 1.165) is 0 Å². The largest absolute Gasteiger partial charge is 0.382 e. The molecule has 9 nitrogen and oxygen atoms in total. The van der Waals surface area contributed by atoms with E-state index < -0.39 is 5.97 Å². The van der Waals surface area contributed by atoms with Crippen molar-refractivity contribution in [3.8, 4) is 0 Å². The topological polar surface area (TPSA) is 141 Å². The SMILES string of the molecule is CCNc1ncc(C(=O)ON/C(N)=N/N)nc1Cl. The molecule has 0 unspecified atom stereocenters. The van der Waals surface area contributed by atoms with Crippen molar-refractivity contribution in [1.82, 2.24) is 15.4 Å². The van der Waals surface area contributed by atoms with E-state index in [4.69, 9.17) is 23.2 Å². The summed E-state index contributed by atoms with van der Waals surface area (Å²) in [6.45, 7) is 2.50. The van der Waals surface area contributed by atoms with Gasteiger partial charge < -0.3 is 21.7 Å². The van der Waals surface area contributed by atoms with E-state index in [1.165, 1.54) is 6.20 Å². The number of hydroxylamine groups is 1. The fourth-order valence-electron chi connectivity index (χ4n) is 0.928. The van der Waals surface area contributed by atoms with Crippen LogP contribution in [0.15, 0.2) is 11.3 Å². The molecule has 0 atom stereocenters. The average molecular weight is 274 g/mol. The van der Waals surface area contributed by atoms with Crippen molar-refractivity contribution in [3.05, 3.63) is 17.0 Å². The standard InChI is InChI=1S/C8H12ClN7O2/c1-2-12-6-5(9)14-4(3-13-6)7(17)18-16-8(10)15-11/h3H,2,11H2,1H3,(H,12,13)(H3,10,15,16). The first-order chi connectivity index (χ1) is 8.58. The summed E-state index contributed by atoms with van der Waals surface area (Å²) in [6, 6.07) is 0. The zero-order valence-corrected chi connectivity index (χ0v) is 10.2. The van der Waals surface area contributed by atoms with Crippen molar-refractivity contribution in [1.29, 1.82) is 0 Å². The van der Waals surface area contributed by atoms with Gasteiger partial charge in [-0.15, -0.1) is 5.10 Å². The second-order valence-electron chi connectivity index (χ2n) is 2.93. The van der Waals surface area contributed by atoms with E-state index in [2.05, 4.69) is 25.2 Å². The van der Waals surface area contributed by atoms with Gasteiger partial charge in [-0.1, -0.05) is 11.6 Å². The first-order valence-electron chi connectivity index (χ1n) is 4.85. The van der Waals surface area contributed by atoms with Gasteiger partial charge in [0.25, 0.3) is 0 Å². The second kappa shape index (κ2) is 6.45. The van der Waals surface area contributed by atoms with Crippen LogP contribution in [0.3, 0.4) is 0 Å². The molecule has 0 radical (unpaired) electrons. The highest BCUT2D eigenvalue weighted by atomic mass is 35.5. The van der Waals surface area contributed by atoms with Gasteiger partial charge in [-0.2, -0.15) is 5.48 Å². The Morgan fingerprint density at radius 1 is 1.67 bits per heavy atom. The van der Waals surface area contributed by atoms with E-state index in [1.807, 2.05) is 12.4 Å². The number of nitrogens with zero attached hydrogens (tertiary/aromatic N) is 3. The molecule has 0 spiro atoms. The minimum atomic E-state index is -0.820. The lowest BCUT2D eigenvalue weighted by Gasteiger charge is -2.06. The molecule has 1 aromatic heterocycles. The average Bonchev–Trinajstić information content (AvgIpc) is 2.38. The maximum atomic E-state index is 11.5. The van der Waals surface area contributed by atoms with Crippen molar-refractivity contribution in [2.75, 3.05) is 11.9 Å². The van der Waals surface area contributed by atoms with Crippen molar-refractivity contribution >= 4 is 29.3 Å². The number of hydrogen-bond acceptors (Lipinski definition) is 7. The molecular weight excluding hydrogens is 262 g/mol. The molecule has 0 saturated heterocycles. The number of hydrazone groups is 1. The molecule has 0 aromatic carbocycles. The molecule has 0 aliphatic heterocycles. The van der Waals surface area contributed by atoms with Crippen LogP contribution in [0, 0.1) is 0 Å². The maximum Gasteiger partial charge on any atom is 0.382 e. The Morgan fingerprint density at radius 3 is 2.94 bits per heavy atom. The molecule has 0 amide bonds. The summed E-state index contributed by atoms with van der Waals surface area (Å²) in [5.41, 5.74) is 7.09. The molecule has 1 aromatic rings. The lowest BCUT2D eigenvalue weighted by molar-refractivity contribution is 0.0376. The fourth-order valence-corrected chi connectivity index (χ4v) is 1.13. The molecule has 10 heteroatoms. The molecule has 0 aliphatic carbocycles. The molecule has 1 heterocycles. The van der Waals surface area contributed by atoms with Gasteiger partial charge in [-0.05, 0) is 6.92 Å². The Hall–Kier alpha value is -2.29. The van der Waals surface area contributed by atoms with Crippen LogP contribution in [-0.4, -0.2) is 28.4 Å². The van der Waals surface area contributed by atoms with Gasteiger partial charge in [-0.25, -0.2) is 14.8 Å². The molecule has 6 N–H and O–H groups in total. The molecule has 1 rings (SSSR count). The van der Waals surface area contributed by atoms with Crippen LogP contribution in [0.5, 0.6) is 0 Å². The summed E-state index contributed by atoms with van der Waals surface area (Å²) < 4.78 is 0. The quantitative estimate of drug-likeness (QED) is 0.248. The summed E-state index contributed by atoms with van der Waals surface area (Å²) in [5.74, 6) is 4.13. The molecule has 98 valence electrons. The number of hydrogen-bond donors (Lipinski definition) is 4. The smallest absolute Gasteiger partial charge is 0.368 e. The second-order valence-corrected chi connectivity index (χ2v) is 3.29. The number of halogens is 1. The minimum absolute atomic E-state index is 0.0618. The van der Waals surface area contributed by atoms with Crippen LogP contribution in [0.25, 0.3) is 0 Å². The lowest BCUT2D eigenvalue weighted by atomic mass is 10.4.